The van der Waals surface area contributed by atoms with Crippen LogP contribution in [0.15, 0.2) is 66.0 Å². The topological polar surface area (TPSA) is 20.2 Å². The van der Waals surface area contributed by atoms with Crippen LogP contribution >= 0.6 is 22.7 Å². The van der Waals surface area contributed by atoms with Crippen molar-refractivity contribution in [2.75, 3.05) is 0 Å². The normalized spacial score (nSPS) is 14.7. The highest BCUT2D eigenvalue weighted by molar-refractivity contribution is 7.19. The van der Waals surface area contributed by atoms with Crippen LogP contribution in [0, 0.1) is 5.92 Å². The number of hydrogen-bond donors (Lipinski definition) is 1. The molecule has 1 aliphatic rings. The maximum atomic E-state index is 9.97. The smallest absolute Gasteiger partial charge is 0.0910 e. The summed E-state index contributed by atoms with van der Waals surface area (Å²) in [5.74, 6) is 0.531. The first-order valence-electron chi connectivity index (χ1n) is 7.90. The zero-order valence-electron chi connectivity index (χ0n) is 12.7. The number of rotatable bonds is 2. The Hall–Kier alpha value is -1.68. The molecule has 1 N–H and O–H groups in total. The molecule has 0 radical (unpaired) electrons. The van der Waals surface area contributed by atoms with Gasteiger partial charge in [0.05, 0.1) is 6.10 Å². The Bertz CT molecular complexity index is 854. The Labute approximate surface area is 151 Å². The van der Waals surface area contributed by atoms with Gasteiger partial charge < -0.3 is 5.11 Å². The highest BCUT2D eigenvalue weighted by atomic mass is 32.1. The second-order valence-electron chi connectivity index (χ2n) is 5.93. The summed E-state index contributed by atoms with van der Waals surface area (Å²) in [6.45, 7) is 0. The van der Waals surface area contributed by atoms with Gasteiger partial charge in [-0.05, 0) is 59.2 Å². The number of fused-ring (bicyclic) bond motifs is 2. The van der Waals surface area contributed by atoms with E-state index in [4.69, 9.17) is 0 Å². The van der Waals surface area contributed by atoms with Gasteiger partial charge in [0.15, 0.2) is 0 Å². The lowest BCUT2D eigenvalue weighted by molar-refractivity contribution is 0.157. The fraction of sp³-hybridized carbons (Fsp3) is 0.238. The predicted molar refractivity (Wildman–Crippen MR) is 108 cm³/mol. The standard InChI is InChI=1S/C12H12OS.C8H6S.CH4/c13-12(8-5-6-8)11-7-9-3-1-2-4-10(9)14-11;1-2-4-8-7(3-1)5-6-9-8;/h1-4,7-8,12-13H,5-6H2;1-6H;1H4. The number of benzene rings is 2. The predicted octanol–water partition coefficient (Wildman–Crippen LogP) is 6.88. The fourth-order valence-electron chi connectivity index (χ4n) is 2.70. The lowest BCUT2D eigenvalue weighted by Gasteiger charge is -2.03. The molecule has 0 amide bonds. The molecule has 0 aliphatic heterocycles. The summed E-state index contributed by atoms with van der Waals surface area (Å²) in [7, 11) is 0. The van der Waals surface area contributed by atoms with Gasteiger partial charge in [0, 0.05) is 14.3 Å². The van der Waals surface area contributed by atoms with E-state index in [0.29, 0.717) is 5.92 Å². The average molecular weight is 355 g/mol. The van der Waals surface area contributed by atoms with Crippen LogP contribution in [0.1, 0.15) is 31.2 Å². The Morgan fingerprint density at radius 1 is 0.875 bits per heavy atom. The van der Waals surface area contributed by atoms with Crippen LogP contribution in [0.25, 0.3) is 20.2 Å². The largest absolute Gasteiger partial charge is 0.387 e. The van der Waals surface area contributed by atoms with Gasteiger partial charge in [0.1, 0.15) is 0 Å². The number of thiophene rings is 2. The molecule has 124 valence electrons. The summed E-state index contributed by atoms with van der Waals surface area (Å²) < 4.78 is 2.65. The van der Waals surface area contributed by atoms with E-state index in [9.17, 15) is 5.11 Å². The molecule has 1 saturated carbocycles. The summed E-state index contributed by atoms with van der Waals surface area (Å²) in [4.78, 5) is 1.13. The first-order valence-corrected chi connectivity index (χ1v) is 9.59. The number of hydrogen-bond acceptors (Lipinski definition) is 3. The molecule has 1 unspecified atom stereocenters. The summed E-state index contributed by atoms with van der Waals surface area (Å²) >= 11 is 3.51. The van der Waals surface area contributed by atoms with Crippen LogP contribution in [0.5, 0.6) is 0 Å². The van der Waals surface area contributed by atoms with Crippen molar-refractivity contribution in [2.45, 2.75) is 26.4 Å². The van der Waals surface area contributed by atoms with Gasteiger partial charge in [-0.25, -0.2) is 0 Å². The molecule has 5 rings (SSSR count). The van der Waals surface area contributed by atoms with Crippen LogP contribution in [-0.4, -0.2) is 5.11 Å². The van der Waals surface area contributed by atoms with E-state index in [-0.39, 0.29) is 13.5 Å². The third kappa shape index (κ3) is 3.69. The zero-order chi connectivity index (χ0) is 15.6. The molecule has 0 saturated heterocycles. The van der Waals surface area contributed by atoms with Crippen molar-refractivity contribution in [2.24, 2.45) is 5.92 Å². The molecule has 1 fully saturated rings. The van der Waals surface area contributed by atoms with Crippen LogP contribution in [0.2, 0.25) is 0 Å². The van der Waals surface area contributed by atoms with Crippen molar-refractivity contribution >= 4 is 42.8 Å². The lowest BCUT2D eigenvalue weighted by atomic mass is 10.2. The molecule has 2 aromatic heterocycles. The van der Waals surface area contributed by atoms with E-state index in [1.807, 2.05) is 12.1 Å². The third-order valence-electron chi connectivity index (χ3n) is 4.17. The minimum Gasteiger partial charge on any atom is -0.387 e. The lowest BCUT2D eigenvalue weighted by Crippen LogP contribution is -1.95. The van der Waals surface area contributed by atoms with Crippen molar-refractivity contribution in [3.05, 3.63) is 70.9 Å². The molecule has 1 aliphatic carbocycles. The average Bonchev–Trinajstić information content (AvgIpc) is 3.17. The Balaban J connectivity index is 0.000000147. The first kappa shape index (κ1) is 17.2. The number of aliphatic hydroxyl groups excluding tert-OH is 1. The molecule has 1 nitrogen and oxygen atoms in total. The van der Waals surface area contributed by atoms with Gasteiger partial charge in [-0.15, -0.1) is 22.7 Å². The fourth-order valence-corrected chi connectivity index (χ4v) is 4.63. The highest BCUT2D eigenvalue weighted by Gasteiger charge is 2.31. The minimum atomic E-state index is -0.215. The van der Waals surface area contributed by atoms with Crippen molar-refractivity contribution in [1.29, 1.82) is 0 Å². The summed E-state index contributed by atoms with van der Waals surface area (Å²) in [6, 6.07) is 21.0. The molecule has 2 heterocycles. The summed E-state index contributed by atoms with van der Waals surface area (Å²) in [6.07, 6.45) is 2.16. The van der Waals surface area contributed by atoms with E-state index in [0.717, 1.165) is 4.88 Å². The van der Waals surface area contributed by atoms with Crippen molar-refractivity contribution in [3.63, 3.8) is 0 Å². The van der Waals surface area contributed by atoms with E-state index in [1.165, 1.54) is 33.0 Å². The molecule has 24 heavy (non-hydrogen) atoms. The molecule has 4 aromatic rings. The van der Waals surface area contributed by atoms with E-state index >= 15 is 0 Å². The van der Waals surface area contributed by atoms with Crippen molar-refractivity contribution < 1.29 is 5.11 Å². The number of aliphatic hydroxyl groups is 1. The summed E-state index contributed by atoms with van der Waals surface area (Å²) in [5, 5.41) is 14.7. The molecule has 0 spiro atoms. The summed E-state index contributed by atoms with van der Waals surface area (Å²) in [5.41, 5.74) is 0. The van der Waals surface area contributed by atoms with Crippen LogP contribution < -0.4 is 0 Å². The van der Waals surface area contributed by atoms with Gasteiger partial charge in [-0.1, -0.05) is 43.8 Å². The molecule has 2 aromatic carbocycles. The Morgan fingerprint density at radius 3 is 2.21 bits per heavy atom. The van der Waals surface area contributed by atoms with E-state index < -0.39 is 0 Å². The van der Waals surface area contributed by atoms with E-state index in [2.05, 4.69) is 53.9 Å². The molecular formula is C21H22OS2. The second kappa shape index (κ2) is 7.47. The molecule has 3 heteroatoms. The SMILES string of the molecule is C.OC(c1cc2ccccc2s1)C1CC1.c1ccc2sccc2c1. The maximum absolute atomic E-state index is 9.97. The molecule has 1 atom stereocenters. The zero-order valence-corrected chi connectivity index (χ0v) is 14.3. The van der Waals surface area contributed by atoms with Gasteiger partial charge in [0.25, 0.3) is 0 Å². The highest BCUT2D eigenvalue weighted by Crippen LogP contribution is 2.43. The van der Waals surface area contributed by atoms with Crippen molar-refractivity contribution in [3.8, 4) is 0 Å². The van der Waals surface area contributed by atoms with Gasteiger partial charge >= 0.3 is 0 Å². The maximum Gasteiger partial charge on any atom is 0.0910 e. The third-order valence-corrected chi connectivity index (χ3v) is 6.25. The van der Waals surface area contributed by atoms with E-state index in [1.54, 1.807) is 22.7 Å². The van der Waals surface area contributed by atoms with Gasteiger partial charge in [-0.2, -0.15) is 0 Å². The first-order chi connectivity index (χ1) is 11.3. The van der Waals surface area contributed by atoms with Crippen LogP contribution in [-0.2, 0) is 0 Å². The molecule has 0 bridgehead atoms. The monoisotopic (exact) mass is 354 g/mol. The van der Waals surface area contributed by atoms with Gasteiger partial charge in [0.2, 0.25) is 0 Å². The quantitative estimate of drug-likeness (QED) is 0.416. The Kier molecular flexibility index (Phi) is 5.34. The Morgan fingerprint density at radius 2 is 1.54 bits per heavy atom. The van der Waals surface area contributed by atoms with Crippen LogP contribution in [0.3, 0.4) is 0 Å². The van der Waals surface area contributed by atoms with Gasteiger partial charge in [-0.3, -0.25) is 0 Å². The minimum absolute atomic E-state index is 0. The molecular weight excluding hydrogens is 332 g/mol. The van der Waals surface area contributed by atoms with Crippen LogP contribution in [0.4, 0.5) is 0 Å². The van der Waals surface area contributed by atoms with Crippen molar-refractivity contribution in [1.82, 2.24) is 0 Å². The second-order valence-corrected chi connectivity index (χ2v) is 7.99.